The van der Waals surface area contributed by atoms with E-state index in [1.54, 1.807) is 0 Å². The topological polar surface area (TPSA) is 90.5 Å². The van der Waals surface area contributed by atoms with Gasteiger partial charge < -0.3 is 10.6 Å². The molecule has 0 atom stereocenters. The molecule has 0 unspecified atom stereocenters. The molecule has 0 fully saturated rings. The van der Waals surface area contributed by atoms with E-state index in [1.165, 1.54) is 12.8 Å². The zero-order valence-electron chi connectivity index (χ0n) is 9.76. The van der Waals surface area contributed by atoms with E-state index in [2.05, 4.69) is 21.4 Å². The van der Waals surface area contributed by atoms with Gasteiger partial charge in [-0.1, -0.05) is 24.9 Å². The second-order valence-corrected chi connectivity index (χ2v) is 4.23. The van der Waals surface area contributed by atoms with Crippen LogP contribution in [0.5, 0.6) is 0 Å². The first-order chi connectivity index (χ1) is 8.27. The minimum Gasteiger partial charge on any atom is -0.395 e. The fourth-order valence-electron chi connectivity index (χ4n) is 1.16. The number of aromatic nitrogens is 2. The molecule has 94 valence electrons. The van der Waals surface area contributed by atoms with E-state index in [4.69, 9.17) is 10.6 Å². The number of carbonyl (C=O) groups excluding carboxylic acids is 1. The molecule has 6 nitrogen and oxygen atoms in total. The van der Waals surface area contributed by atoms with Crippen LogP contribution >= 0.6 is 11.5 Å². The molecule has 1 heterocycles. The summed E-state index contributed by atoms with van der Waals surface area (Å²) in [5.74, 6) is 0.219. The van der Waals surface area contributed by atoms with Crippen molar-refractivity contribution < 1.29 is 9.63 Å². The first-order valence-corrected chi connectivity index (χ1v) is 6.30. The van der Waals surface area contributed by atoms with Crippen molar-refractivity contribution in [2.75, 3.05) is 12.3 Å². The lowest BCUT2D eigenvalue weighted by molar-refractivity contribution is -0.102. The van der Waals surface area contributed by atoms with E-state index in [9.17, 15) is 4.79 Å². The zero-order valence-corrected chi connectivity index (χ0v) is 10.6. The van der Waals surface area contributed by atoms with Gasteiger partial charge in [0, 0.05) is 11.5 Å². The van der Waals surface area contributed by atoms with Crippen molar-refractivity contribution in [1.29, 1.82) is 0 Å². The summed E-state index contributed by atoms with van der Waals surface area (Å²) in [5, 5.41) is 4.00. The van der Waals surface area contributed by atoms with E-state index >= 15 is 0 Å². The Morgan fingerprint density at radius 2 is 2.35 bits per heavy atom. The van der Waals surface area contributed by atoms with E-state index in [-0.39, 0.29) is 11.5 Å². The van der Waals surface area contributed by atoms with Gasteiger partial charge in [0.25, 0.3) is 0 Å². The van der Waals surface area contributed by atoms with Gasteiger partial charge >= 0.3 is 0 Å². The second-order valence-electron chi connectivity index (χ2n) is 3.44. The molecule has 0 aromatic carbocycles. The average molecular weight is 256 g/mol. The summed E-state index contributed by atoms with van der Waals surface area (Å²) in [4.78, 5) is 19.6. The fourth-order valence-corrected chi connectivity index (χ4v) is 1.60. The summed E-state index contributed by atoms with van der Waals surface area (Å²) in [7, 11) is 0. The van der Waals surface area contributed by atoms with Gasteiger partial charge in [0.05, 0.1) is 0 Å². The van der Waals surface area contributed by atoms with Gasteiger partial charge in [-0.25, -0.2) is 0 Å². The number of nitrogens with zero attached hydrogens (tertiary/aromatic N) is 3. The van der Waals surface area contributed by atoms with Crippen LogP contribution in [0.15, 0.2) is 5.16 Å². The van der Waals surface area contributed by atoms with Crippen LogP contribution in [0.3, 0.4) is 0 Å². The van der Waals surface area contributed by atoms with Crippen molar-refractivity contribution in [1.82, 2.24) is 9.36 Å². The highest BCUT2D eigenvalue weighted by molar-refractivity contribution is 7.09. The highest BCUT2D eigenvalue weighted by Gasteiger charge is 2.09. The third-order valence-electron chi connectivity index (χ3n) is 2.03. The first-order valence-electron chi connectivity index (χ1n) is 5.52. The molecule has 0 bridgehead atoms. The van der Waals surface area contributed by atoms with Crippen LogP contribution in [0.25, 0.3) is 0 Å². The number of oxime groups is 1. The summed E-state index contributed by atoms with van der Waals surface area (Å²) in [6.07, 6.45) is 4.94. The second kappa shape index (κ2) is 7.72. The number of rotatable bonds is 8. The Hall–Kier alpha value is -1.50. The molecule has 0 amide bonds. The molecule has 0 saturated carbocycles. The van der Waals surface area contributed by atoms with Crippen molar-refractivity contribution in [2.45, 2.75) is 32.6 Å². The number of carbonyl (C=O) groups is 1. The van der Waals surface area contributed by atoms with Crippen LogP contribution in [0.2, 0.25) is 0 Å². The average Bonchev–Trinajstić information content (AvgIpc) is 2.75. The maximum Gasteiger partial charge on any atom is 0.200 e. The SMILES string of the molecule is CCCCCCO/N=C(\C=O)c1nsc(N)n1. The number of nitrogens with two attached hydrogens (primary N) is 1. The maximum absolute atomic E-state index is 10.8. The van der Waals surface area contributed by atoms with Gasteiger partial charge in [-0.15, -0.1) is 0 Å². The molecular weight excluding hydrogens is 240 g/mol. The lowest BCUT2D eigenvalue weighted by Crippen LogP contribution is -2.06. The predicted octanol–water partition coefficient (Wildman–Crippen LogP) is 1.62. The maximum atomic E-state index is 10.8. The summed E-state index contributed by atoms with van der Waals surface area (Å²) < 4.78 is 3.88. The van der Waals surface area contributed by atoms with Crippen LogP contribution in [-0.4, -0.2) is 28.0 Å². The number of aldehydes is 1. The summed E-state index contributed by atoms with van der Waals surface area (Å²) in [6, 6.07) is 0. The summed E-state index contributed by atoms with van der Waals surface area (Å²) >= 11 is 1.02. The quantitative estimate of drug-likeness (QED) is 0.330. The highest BCUT2D eigenvalue weighted by atomic mass is 32.1. The van der Waals surface area contributed by atoms with Crippen LogP contribution in [0.4, 0.5) is 5.13 Å². The van der Waals surface area contributed by atoms with Gasteiger partial charge in [-0.2, -0.15) is 9.36 Å². The van der Waals surface area contributed by atoms with Gasteiger partial charge in [0.15, 0.2) is 23.0 Å². The smallest absolute Gasteiger partial charge is 0.200 e. The molecule has 0 spiro atoms. The molecule has 0 aliphatic rings. The molecule has 0 radical (unpaired) electrons. The molecule has 0 saturated heterocycles. The van der Waals surface area contributed by atoms with Gasteiger partial charge in [-0.05, 0) is 12.8 Å². The summed E-state index contributed by atoms with van der Waals surface area (Å²) in [6.45, 7) is 2.64. The van der Waals surface area contributed by atoms with Crippen LogP contribution in [-0.2, 0) is 9.63 Å². The Bertz CT molecular complexity index is 378. The number of nitrogen functional groups attached to an aromatic ring is 1. The van der Waals surface area contributed by atoms with Gasteiger partial charge in [0.2, 0.25) is 0 Å². The summed E-state index contributed by atoms with van der Waals surface area (Å²) in [5.41, 5.74) is 5.49. The standard InChI is InChI=1S/C10H16N4O2S/c1-2-3-4-5-6-16-13-8(7-15)9-12-10(11)17-14-9/h7H,2-6H2,1H3,(H2,11,12,14)/b13-8+. The molecule has 1 rings (SSSR count). The van der Waals surface area contributed by atoms with Crippen molar-refractivity contribution in [3.63, 3.8) is 0 Å². The minimum atomic E-state index is 0.0773. The first kappa shape index (κ1) is 13.6. The Kier molecular flexibility index (Phi) is 6.16. The molecule has 0 aliphatic carbocycles. The van der Waals surface area contributed by atoms with Crippen LogP contribution in [0, 0.1) is 0 Å². The Balaban J connectivity index is 2.37. The number of hydrogen-bond donors (Lipinski definition) is 1. The van der Waals surface area contributed by atoms with E-state index in [0.717, 1.165) is 24.4 Å². The van der Waals surface area contributed by atoms with Crippen molar-refractivity contribution in [3.8, 4) is 0 Å². The van der Waals surface area contributed by atoms with Crippen LogP contribution in [0.1, 0.15) is 38.4 Å². The molecule has 2 N–H and O–H groups in total. The normalized spacial score (nSPS) is 11.5. The van der Waals surface area contributed by atoms with E-state index in [1.807, 2.05) is 0 Å². The Morgan fingerprint density at radius 1 is 1.53 bits per heavy atom. The van der Waals surface area contributed by atoms with E-state index in [0.29, 0.717) is 18.0 Å². The lowest BCUT2D eigenvalue weighted by Gasteiger charge is -1.99. The third kappa shape index (κ3) is 4.90. The van der Waals surface area contributed by atoms with Crippen molar-refractivity contribution in [3.05, 3.63) is 5.82 Å². The molecule has 1 aromatic rings. The Labute approximate surface area is 104 Å². The Morgan fingerprint density at radius 3 is 2.94 bits per heavy atom. The molecule has 1 aromatic heterocycles. The lowest BCUT2D eigenvalue weighted by atomic mass is 10.2. The monoisotopic (exact) mass is 256 g/mol. The number of anilines is 1. The highest BCUT2D eigenvalue weighted by Crippen LogP contribution is 2.06. The third-order valence-corrected chi connectivity index (χ3v) is 2.58. The fraction of sp³-hybridized carbons (Fsp3) is 0.600. The molecule has 0 aliphatic heterocycles. The molecular formula is C10H16N4O2S. The minimum absolute atomic E-state index is 0.0773. The van der Waals surface area contributed by atoms with E-state index < -0.39 is 0 Å². The van der Waals surface area contributed by atoms with Crippen molar-refractivity contribution in [2.24, 2.45) is 5.16 Å². The largest absolute Gasteiger partial charge is 0.395 e. The predicted molar refractivity (Wildman–Crippen MR) is 67.0 cm³/mol. The number of hydrogen-bond acceptors (Lipinski definition) is 7. The zero-order chi connectivity index (χ0) is 12.5. The van der Waals surface area contributed by atoms with Gasteiger partial charge in [0.1, 0.15) is 6.61 Å². The van der Waals surface area contributed by atoms with Crippen molar-refractivity contribution >= 4 is 28.7 Å². The molecule has 17 heavy (non-hydrogen) atoms. The number of unbranched alkanes of at least 4 members (excludes halogenated alkanes) is 3. The van der Waals surface area contributed by atoms with Crippen LogP contribution < -0.4 is 5.73 Å². The van der Waals surface area contributed by atoms with Gasteiger partial charge in [-0.3, -0.25) is 4.79 Å². The molecule has 7 heteroatoms.